The first kappa shape index (κ1) is 27.9. The van der Waals surface area contributed by atoms with Crippen molar-refractivity contribution in [3.63, 3.8) is 0 Å². The molecule has 1 amide bonds. The molecule has 0 radical (unpaired) electrons. The van der Waals surface area contributed by atoms with Crippen molar-refractivity contribution in [3.8, 4) is 11.6 Å². The van der Waals surface area contributed by atoms with Crippen molar-refractivity contribution < 1.29 is 9.53 Å². The number of hydrogen-bond donors (Lipinski definition) is 2. The van der Waals surface area contributed by atoms with E-state index in [4.69, 9.17) is 9.72 Å². The number of aryl methyl sites for hydroxylation is 3. The Morgan fingerprint density at radius 1 is 1.20 bits per heavy atom. The normalized spacial score (nSPS) is 12.4. The second kappa shape index (κ2) is 11.5. The van der Waals surface area contributed by atoms with Crippen LogP contribution < -0.4 is 26.0 Å². The molecule has 3 heterocycles. The molecule has 1 aliphatic heterocycles. The van der Waals surface area contributed by atoms with Crippen LogP contribution in [0.3, 0.4) is 0 Å². The number of rotatable bonds is 10. The number of carbonyl (C=O) groups excluding carboxylic acids is 1. The van der Waals surface area contributed by atoms with Gasteiger partial charge in [0.1, 0.15) is 11.6 Å². The number of nitrogens with zero attached hydrogens (tertiary/aromatic N) is 6. The highest BCUT2D eigenvalue weighted by Gasteiger charge is 2.23. The standard InChI is InChI=1S/C30H36N8O3/c1-7-26(39)32-21-16-22(25(41-6)17-24(21)36(5)15-14-35(3)4)33-29-31-18-19(2)28(34-29)38-23-12-8-10-20-11-9-13-37(27(20)23)30(38)40/h7-8,10,12,16-18H,1,9,11,13-15H2,2-6H3,(H,32,39)(H,31,33,34). The van der Waals surface area contributed by atoms with E-state index in [9.17, 15) is 9.59 Å². The van der Waals surface area contributed by atoms with Gasteiger partial charge >= 0.3 is 5.69 Å². The van der Waals surface area contributed by atoms with E-state index in [1.165, 1.54) is 11.6 Å². The molecule has 214 valence electrons. The molecule has 11 heteroatoms. The maximum absolute atomic E-state index is 13.6. The van der Waals surface area contributed by atoms with Gasteiger partial charge in [-0.05, 0) is 57.6 Å². The Balaban J connectivity index is 1.56. The summed E-state index contributed by atoms with van der Waals surface area (Å²) in [6.07, 6.45) is 4.80. The van der Waals surface area contributed by atoms with E-state index in [1.807, 2.05) is 50.8 Å². The third-order valence-electron chi connectivity index (χ3n) is 7.32. The minimum absolute atomic E-state index is 0.114. The minimum Gasteiger partial charge on any atom is -0.494 e. The molecule has 0 spiro atoms. The van der Waals surface area contributed by atoms with Crippen molar-refractivity contribution in [1.29, 1.82) is 0 Å². The van der Waals surface area contributed by atoms with E-state index in [0.717, 1.165) is 48.2 Å². The van der Waals surface area contributed by atoms with Crippen molar-refractivity contribution in [2.24, 2.45) is 0 Å². The molecule has 41 heavy (non-hydrogen) atoms. The molecule has 0 fully saturated rings. The van der Waals surface area contributed by atoms with Gasteiger partial charge in [-0.2, -0.15) is 4.98 Å². The zero-order valence-electron chi connectivity index (χ0n) is 24.2. The summed E-state index contributed by atoms with van der Waals surface area (Å²) < 4.78 is 9.24. The van der Waals surface area contributed by atoms with Gasteiger partial charge in [-0.3, -0.25) is 9.36 Å². The van der Waals surface area contributed by atoms with Crippen molar-refractivity contribution in [2.75, 3.05) is 56.9 Å². The second-order valence-electron chi connectivity index (χ2n) is 10.5. The van der Waals surface area contributed by atoms with Crippen LogP contribution >= 0.6 is 0 Å². The van der Waals surface area contributed by atoms with E-state index >= 15 is 0 Å². The lowest BCUT2D eigenvalue weighted by molar-refractivity contribution is -0.111. The number of para-hydroxylation sites is 1. The first-order valence-corrected chi connectivity index (χ1v) is 13.6. The molecule has 0 atom stereocenters. The van der Waals surface area contributed by atoms with Gasteiger partial charge in [0, 0.05) is 44.5 Å². The highest BCUT2D eigenvalue weighted by atomic mass is 16.5. The van der Waals surface area contributed by atoms with Gasteiger partial charge in [-0.25, -0.2) is 14.3 Å². The number of methoxy groups -OCH3 is 1. The zero-order chi connectivity index (χ0) is 29.3. The Kier molecular flexibility index (Phi) is 7.80. The summed E-state index contributed by atoms with van der Waals surface area (Å²) in [6, 6.07) is 9.68. The summed E-state index contributed by atoms with van der Waals surface area (Å²) in [4.78, 5) is 39.3. The lowest BCUT2D eigenvalue weighted by Gasteiger charge is -2.26. The lowest BCUT2D eigenvalue weighted by Crippen LogP contribution is -2.29. The fraction of sp³-hybridized carbons (Fsp3) is 0.333. The average molecular weight is 557 g/mol. The van der Waals surface area contributed by atoms with Gasteiger partial charge in [0.2, 0.25) is 11.9 Å². The maximum Gasteiger partial charge on any atom is 0.334 e. The number of carbonyl (C=O) groups is 1. The van der Waals surface area contributed by atoms with E-state index in [2.05, 4.69) is 38.1 Å². The van der Waals surface area contributed by atoms with E-state index in [0.29, 0.717) is 29.5 Å². The number of imidazole rings is 1. The minimum atomic E-state index is -0.329. The fourth-order valence-electron chi connectivity index (χ4n) is 5.18. The monoisotopic (exact) mass is 556 g/mol. The largest absolute Gasteiger partial charge is 0.494 e. The molecule has 11 nitrogen and oxygen atoms in total. The predicted molar refractivity (Wildman–Crippen MR) is 163 cm³/mol. The van der Waals surface area contributed by atoms with Crippen LogP contribution in [0.5, 0.6) is 5.75 Å². The molecule has 0 bridgehead atoms. The highest BCUT2D eigenvalue weighted by molar-refractivity contribution is 6.02. The molecule has 5 rings (SSSR count). The predicted octanol–water partition coefficient (Wildman–Crippen LogP) is 3.71. The summed E-state index contributed by atoms with van der Waals surface area (Å²) in [5.74, 6) is 1.01. The molecule has 2 aromatic heterocycles. The fourth-order valence-corrected chi connectivity index (χ4v) is 5.18. The van der Waals surface area contributed by atoms with Crippen LogP contribution in [0.4, 0.5) is 23.0 Å². The van der Waals surface area contributed by atoms with Crippen molar-refractivity contribution in [2.45, 2.75) is 26.3 Å². The van der Waals surface area contributed by atoms with E-state index < -0.39 is 0 Å². The number of anilines is 4. The summed E-state index contributed by atoms with van der Waals surface area (Å²) in [7, 11) is 7.56. The number of likely N-dealkylation sites (N-methyl/N-ethyl adjacent to an activating group) is 2. The van der Waals surface area contributed by atoms with Crippen LogP contribution in [0.1, 0.15) is 17.5 Å². The van der Waals surface area contributed by atoms with Crippen LogP contribution in [0.25, 0.3) is 16.9 Å². The molecular weight excluding hydrogens is 520 g/mol. The quantitative estimate of drug-likeness (QED) is 0.285. The van der Waals surface area contributed by atoms with Gasteiger partial charge in [-0.15, -0.1) is 0 Å². The topological polar surface area (TPSA) is 110 Å². The summed E-state index contributed by atoms with van der Waals surface area (Å²) in [5.41, 5.74) is 5.55. The second-order valence-corrected chi connectivity index (χ2v) is 10.5. The molecular formula is C30H36N8O3. The molecule has 2 N–H and O–H groups in total. The molecule has 2 aromatic carbocycles. The number of aromatic nitrogens is 4. The molecule has 0 unspecified atom stereocenters. The summed E-state index contributed by atoms with van der Waals surface area (Å²) in [6.45, 7) is 7.71. The Morgan fingerprint density at radius 2 is 2.00 bits per heavy atom. The number of nitrogens with one attached hydrogen (secondary N) is 2. The van der Waals surface area contributed by atoms with Gasteiger partial charge in [0.15, 0.2) is 0 Å². The van der Waals surface area contributed by atoms with Crippen LogP contribution in [-0.2, 0) is 17.8 Å². The number of ether oxygens (including phenoxy) is 1. The van der Waals surface area contributed by atoms with Crippen LogP contribution in [0.2, 0.25) is 0 Å². The third-order valence-corrected chi connectivity index (χ3v) is 7.32. The van der Waals surface area contributed by atoms with Crippen molar-refractivity contribution in [3.05, 3.63) is 70.8 Å². The van der Waals surface area contributed by atoms with Gasteiger partial charge in [0.25, 0.3) is 0 Å². The van der Waals surface area contributed by atoms with E-state index in [1.54, 1.807) is 23.9 Å². The van der Waals surface area contributed by atoms with Gasteiger partial charge in [0.05, 0.1) is 35.2 Å². The smallest absolute Gasteiger partial charge is 0.334 e. The Labute approximate surface area is 239 Å². The maximum atomic E-state index is 13.6. The highest BCUT2D eigenvalue weighted by Crippen LogP contribution is 2.38. The summed E-state index contributed by atoms with van der Waals surface area (Å²) >= 11 is 0. The van der Waals surface area contributed by atoms with Gasteiger partial charge < -0.3 is 25.2 Å². The third kappa shape index (κ3) is 5.40. The van der Waals surface area contributed by atoms with E-state index in [-0.39, 0.29) is 17.5 Å². The molecule has 0 saturated heterocycles. The lowest BCUT2D eigenvalue weighted by atomic mass is 10.0. The number of amides is 1. The molecule has 4 aromatic rings. The Morgan fingerprint density at radius 3 is 2.73 bits per heavy atom. The van der Waals surface area contributed by atoms with Gasteiger partial charge in [-0.1, -0.05) is 18.7 Å². The SMILES string of the molecule is C=CC(=O)Nc1cc(Nc2ncc(C)c(-n3c(=O)n4c5c(cccc53)CCC4)n2)c(OC)cc1N(C)CCN(C)C. The van der Waals surface area contributed by atoms with Crippen LogP contribution in [0.15, 0.2) is 54.0 Å². The van der Waals surface area contributed by atoms with Crippen LogP contribution in [0, 0.1) is 6.92 Å². The first-order valence-electron chi connectivity index (χ1n) is 13.6. The van der Waals surface area contributed by atoms with Crippen molar-refractivity contribution in [1.82, 2.24) is 24.0 Å². The molecule has 0 aliphatic carbocycles. The Bertz CT molecular complexity index is 1690. The zero-order valence-corrected chi connectivity index (χ0v) is 24.2. The first-order chi connectivity index (χ1) is 19.7. The average Bonchev–Trinajstić information content (AvgIpc) is 3.25. The number of benzene rings is 2. The number of hydrogen-bond acceptors (Lipinski definition) is 8. The van der Waals surface area contributed by atoms with Crippen LogP contribution in [-0.4, -0.2) is 71.3 Å². The summed E-state index contributed by atoms with van der Waals surface area (Å²) in [5, 5.41) is 6.15. The Hall–Kier alpha value is -4.64. The van der Waals surface area contributed by atoms with Crippen molar-refractivity contribution >= 4 is 40.0 Å². The molecule has 1 aliphatic rings. The molecule has 0 saturated carbocycles.